The summed E-state index contributed by atoms with van der Waals surface area (Å²) in [5.74, 6) is 0. The molecule has 0 spiro atoms. The number of hydrogen-bond donors (Lipinski definition) is 1. The maximum absolute atomic E-state index is 4.27. The number of nitrogens with one attached hydrogen (secondary N) is 1. The number of rotatable bonds is 3. The van der Waals surface area contributed by atoms with Crippen LogP contribution in [0.2, 0.25) is 0 Å². The van der Waals surface area contributed by atoms with Crippen molar-refractivity contribution < 1.29 is 0 Å². The lowest BCUT2D eigenvalue weighted by molar-refractivity contribution is 1.22. The average Bonchev–Trinajstić information content (AvgIpc) is 2.51. The third-order valence-electron chi connectivity index (χ3n) is 1.44. The summed E-state index contributed by atoms with van der Waals surface area (Å²) in [6.45, 7) is 11.1. The highest BCUT2D eigenvalue weighted by atomic mass is 32.1. The maximum atomic E-state index is 4.27. The van der Waals surface area contributed by atoms with Crippen molar-refractivity contribution in [3.63, 3.8) is 0 Å². The molecule has 1 N–H and O–H groups in total. The SMILES string of the molecule is CC.CC=Nc1cc(C)sc1NCC. The van der Waals surface area contributed by atoms with Gasteiger partial charge in [0.15, 0.2) is 0 Å². The first-order valence-electron chi connectivity index (χ1n) is 5.11. The topological polar surface area (TPSA) is 24.4 Å². The van der Waals surface area contributed by atoms with Gasteiger partial charge in [-0.05, 0) is 26.8 Å². The molecule has 0 saturated heterocycles. The van der Waals surface area contributed by atoms with E-state index in [-0.39, 0.29) is 0 Å². The molecule has 0 saturated carbocycles. The van der Waals surface area contributed by atoms with Gasteiger partial charge in [-0.2, -0.15) is 0 Å². The van der Waals surface area contributed by atoms with E-state index in [1.54, 1.807) is 11.3 Å². The highest BCUT2D eigenvalue weighted by Gasteiger charge is 2.02. The molecule has 80 valence electrons. The molecule has 0 aliphatic carbocycles. The van der Waals surface area contributed by atoms with Crippen molar-refractivity contribution in [3.05, 3.63) is 10.9 Å². The van der Waals surface area contributed by atoms with E-state index in [4.69, 9.17) is 0 Å². The van der Waals surface area contributed by atoms with Crippen LogP contribution in [0.25, 0.3) is 0 Å². The van der Waals surface area contributed by atoms with E-state index in [0.29, 0.717) is 0 Å². The van der Waals surface area contributed by atoms with Gasteiger partial charge in [-0.3, -0.25) is 4.99 Å². The normalized spacial score (nSPS) is 9.79. The van der Waals surface area contributed by atoms with E-state index in [2.05, 4.69) is 30.2 Å². The second kappa shape index (κ2) is 7.56. The van der Waals surface area contributed by atoms with Crippen molar-refractivity contribution >= 4 is 28.2 Å². The van der Waals surface area contributed by atoms with Crippen LogP contribution in [0.5, 0.6) is 0 Å². The zero-order valence-electron chi connectivity index (χ0n) is 9.72. The predicted molar refractivity (Wildman–Crippen MR) is 68.4 cm³/mol. The minimum atomic E-state index is 0.951. The third-order valence-corrected chi connectivity index (χ3v) is 2.44. The lowest BCUT2D eigenvalue weighted by Gasteiger charge is -1.98. The molecule has 1 aromatic heterocycles. The van der Waals surface area contributed by atoms with E-state index in [1.165, 1.54) is 9.88 Å². The Hall–Kier alpha value is -0.830. The lowest BCUT2D eigenvalue weighted by atomic mass is 10.4. The number of aryl methyl sites for hydroxylation is 1. The maximum Gasteiger partial charge on any atom is 0.115 e. The Labute approximate surface area is 91.1 Å². The molecule has 0 aromatic carbocycles. The van der Waals surface area contributed by atoms with Crippen LogP contribution in [0.3, 0.4) is 0 Å². The van der Waals surface area contributed by atoms with Crippen LogP contribution in [0.1, 0.15) is 32.6 Å². The minimum absolute atomic E-state index is 0.951. The van der Waals surface area contributed by atoms with Crippen LogP contribution in [0.15, 0.2) is 11.1 Å². The van der Waals surface area contributed by atoms with Gasteiger partial charge in [-0.1, -0.05) is 13.8 Å². The van der Waals surface area contributed by atoms with Crippen LogP contribution >= 0.6 is 11.3 Å². The summed E-state index contributed by atoms with van der Waals surface area (Å²) in [4.78, 5) is 5.57. The zero-order valence-corrected chi connectivity index (χ0v) is 10.5. The second-order valence-electron chi connectivity index (χ2n) is 2.49. The summed E-state index contributed by atoms with van der Waals surface area (Å²) in [6.07, 6.45) is 1.82. The molecule has 0 unspecified atom stereocenters. The molecular weight excluding hydrogens is 192 g/mol. The van der Waals surface area contributed by atoms with Crippen LogP contribution in [-0.2, 0) is 0 Å². The van der Waals surface area contributed by atoms with Gasteiger partial charge in [0.25, 0.3) is 0 Å². The molecule has 2 nitrogen and oxygen atoms in total. The minimum Gasteiger partial charge on any atom is -0.375 e. The van der Waals surface area contributed by atoms with Gasteiger partial charge in [0.2, 0.25) is 0 Å². The fourth-order valence-electron chi connectivity index (χ4n) is 1.02. The molecule has 1 aromatic rings. The van der Waals surface area contributed by atoms with Gasteiger partial charge >= 0.3 is 0 Å². The first kappa shape index (κ1) is 13.2. The third kappa shape index (κ3) is 3.92. The summed E-state index contributed by atoms with van der Waals surface area (Å²) in [5.41, 5.74) is 1.06. The lowest BCUT2D eigenvalue weighted by Crippen LogP contribution is -1.93. The standard InChI is InChI=1S/C9H14N2S.C2H6/c1-4-10-8-6-7(3)12-9(8)11-5-2;1-2/h4,6,11H,5H2,1-3H3;1-2H3. The van der Waals surface area contributed by atoms with E-state index < -0.39 is 0 Å². The average molecular weight is 212 g/mol. The Bertz CT molecular complexity index is 277. The predicted octanol–water partition coefficient (Wildman–Crippen LogP) is 4.24. The van der Waals surface area contributed by atoms with Crippen molar-refractivity contribution in [2.75, 3.05) is 11.9 Å². The number of hydrogen-bond acceptors (Lipinski definition) is 3. The number of thiophene rings is 1. The van der Waals surface area contributed by atoms with Crippen molar-refractivity contribution in [2.45, 2.75) is 34.6 Å². The molecule has 3 heteroatoms. The monoisotopic (exact) mass is 212 g/mol. The van der Waals surface area contributed by atoms with Gasteiger partial charge < -0.3 is 5.32 Å². The quantitative estimate of drug-likeness (QED) is 0.745. The Kier molecular flexibility index (Phi) is 7.11. The molecule has 0 radical (unpaired) electrons. The largest absolute Gasteiger partial charge is 0.375 e. The Morgan fingerprint density at radius 2 is 2.14 bits per heavy atom. The number of aliphatic imine (C=N–C) groups is 1. The van der Waals surface area contributed by atoms with Crippen molar-refractivity contribution in [1.82, 2.24) is 0 Å². The highest BCUT2D eigenvalue weighted by Crippen LogP contribution is 2.34. The smallest absolute Gasteiger partial charge is 0.115 e. The summed E-state index contributed by atoms with van der Waals surface area (Å²) in [7, 11) is 0. The Morgan fingerprint density at radius 1 is 1.50 bits per heavy atom. The molecule has 0 amide bonds. The molecule has 1 heterocycles. The van der Waals surface area contributed by atoms with Crippen LogP contribution in [0.4, 0.5) is 10.7 Å². The van der Waals surface area contributed by atoms with Crippen molar-refractivity contribution in [3.8, 4) is 0 Å². The fourth-order valence-corrected chi connectivity index (χ4v) is 1.95. The van der Waals surface area contributed by atoms with Gasteiger partial charge in [-0.25, -0.2) is 0 Å². The van der Waals surface area contributed by atoms with Gasteiger partial charge in [0, 0.05) is 17.6 Å². The molecule has 0 fully saturated rings. The summed E-state index contributed by atoms with van der Waals surface area (Å²) < 4.78 is 0. The van der Waals surface area contributed by atoms with Gasteiger partial charge in [0.05, 0.1) is 5.69 Å². The molecule has 0 aliphatic heterocycles. The second-order valence-corrected chi connectivity index (χ2v) is 3.75. The summed E-state index contributed by atoms with van der Waals surface area (Å²) in [5, 5.41) is 4.46. The molecule has 0 bridgehead atoms. The van der Waals surface area contributed by atoms with Crippen molar-refractivity contribution in [2.24, 2.45) is 4.99 Å². The molecule has 1 rings (SSSR count). The van der Waals surface area contributed by atoms with Crippen molar-refractivity contribution in [1.29, 1.82) is 0 Å². The van der Waals surface area contributed by atoms with Gasteiger partial charge in [-0.15, -0.1) is 11.3 Å². The van der Waals surface area contributed by atoms with Crippen LogP contribution in [0, 0.1) is 6.92 Å². The zero-order chi connectivity index (χ0) is 11.0. The van der Waals surface area contributed by atoms with Gasteiger partial charge in [0.1, 0.15) is 5.00 Å². The highest BCUT2D eigenvalue weighted by molar-refractivity contribution is 7.16. The molecular formula is C11H20N2S. The number of nitrogens with zero attached hydrogens (tertiary/aromatic N) is 1. The molecule has 0 atom stereocenters. The van der Waals surface area contributed by atoms with E-state index in [1.807, 2.05) is 27.0 Å². The summed E-state index contributed by atoms with van der Waals surface area (Å²) in [6, 6.07) is 2.10. The van der Waals surface area contributed by atoms with Crippen LogP contribution < -0.4 is 5.32 Å². The Balaban J connectivity index is 0.000000791. The fraction of sp³-hybridized carbons (Fsp3) is 0.545. The van der Waals surface area contributed by atoms with E-state index in [9.17, 15) is 0 Å². The summed E-state index contributed by atoms with van der Waals surface area (Å²) >= 11 is 1.75. The first-order valence-corrected chi connectivity index (χ1v) is 5.92. The van der Waals surface area contributed by atoms with E-state index >= 15 is 0 Å². The number of anilines is 1. The van der Waals surface area contributed by atoms with Crippen LogP contribution in [-0.4, -0.2) is 12.8 Å². The Morgan fingerprint density at radius 3 is 2.64 bits per heavy atom. The molecule has 14 heavy (non-hydrogen) atoms. The first-order chi connectivity index (χ1) is 6.77. The molecule has 0 aliphatic rings. The van der Waals surface area contributed by atoms with E-state index in [0.717, 1.165) is 12.2 Å².